The van der Waals surface area contributed by atoms with Crippen LogP contribution >= 0.6 is 11.6 Å². The van der Waals surface area contributed by atoms with Gasteiger partial charge in [0.1, 0.15) is 5.65 Å². The number of nitrogens with one attached hydrogen (secondary N) is 2. The molecule has 1 fully saturated rings. The molecule has 0 spiro atoms. The van der Waals surface area contributed by atoms with Crippen molar-refractivity contribution in [2.24, 2.45) is 5.92 Å². The molecule has 0 amide bonds. The van der Waals surface area contributed by atoms with Gasteiger partial charge < -0.3 is 10.3 Å². The summed E-state index contributed by atoms with van der Waals surface area (Å²) in [5.74, 6) is 0.624. The lowest BCUT2D eigenvalue weighted by molar-refractivity contribution is 0.173. The molecule has 3 aromatic heterocycles. The van der Waals surface area contributed by atoms with E-state index in [-0.39, 0.29) is 5.82 Å². The Morgan fingerprint density at radius 2 is 2.12 bits per heavy atom. The molecule has 1 aliphatic heterocycles. The number of piperidine rings is 1. The highest BCUT2D eigenvalue weighted by Crippen LogP contribution is 2.28. The van der Waals surface area contributed by atoms with Crippen LogP contribution in [0, 0.1) is 18.7 Å². The Hall–Kier alpha value is -3.03. The van der Waals surface area contributed by atoms with Crippen LogP contribution in [-0.4, -0.2) is 44.5 Å². The number of hydrogen-bond acceptors (Lipinski definition) is 5. The monoisotopic (exact) mass is 464 g/mol. The highest BCUT2D eigenvalue weighted by Gasteiger charge is 2.21. The quantitative estimate of drug-likeness (QED) is 0.397. The van der Waals surface area contributed by atoms with Gasteiger partial charge in [0, 0.05) is 43.0 Å². The first kappa shape index (κ1) is 21.8. The number of aromatic nitrogens is 4. The standard InChI is InChI=1S/C25H26ClFN6/c1-16-5-2-3-7-18(16)15-33-8-4-6-17(14-33)10-28-25-22(27)13-31-24(32-25)21-12-30-23-20(21)9-19(26)11-29-23/h2-3,5,7,9,11-13,17H,4,6,8,10,14-15H2,1H3,(H,29,30)(H,28,31,32). The van der Waals surface area contributed by atoms with Gasteiger partial charge in [0.2, 0.25) is 0 Å². The van der Waals surface area contributed by atoms with Crippen LogP contribution < -0.4 is 5.32 Å². The molecule has 1 saturated heterocycles. The number of benzene rings is 1. The molecule has 0 saturated carbocycles. The predicted octanol–water partition coefficient (Wildman–Crippen LogP) is 5.44. The molecule has 4 heterocycles. The van der Waals surface area contributed by atoms with Crippen molar-refractivity contribution >= 4 is 28.5 Å². The fraction of sp³-hybridized carbons (Fsp3) is 0.320. The van der Waals surface area contributed by atoms with E-state index in [1.807, 2.05) is 0 Å². The molecule has 0 aliphatic carbocycles. The lowest BCUT2D eigenvalue weighted by Gasteiger charge is -2.33. The van der Waals surface area contributed by atoms with Gasteiger partial charge in [-0.15, -0.1) is 0 Å². The van der Waals surface area contributed by atoms with Crippen LogP contribution in [0.4, 0.5) is 10.2 Å². The number of fused-ring (bicyclic) bond motifs is 1. The third kappa shape index (κ3) is 4.84. The molecule has 170 valence electrons. The van der Waals surface area contributed by atoms with Crippen molar-refractivity contribution in [3.8, 4) is 11.4 Å². The van der Waals surface area contributed by atoms with Crippen molar-refractivity contribution in [1.29, 1.82) is 0 Å². The van der Waals surface area contributed by atoms with Crippen LogP contribution in [0.15, 0.2) is 48.9 Å². The van der Waals surface area contributed by atoms with Crippen LogP contribution in [-0.2, 0) is 6.54 Å². The molecule has 1 unspecified atom stereocenters. The van der Waals surface area contributed by atoms with Gasteiger partial charge in [0.25, 0.3) is 0 Å². The van der Waals surface area contributed by atoms with Crippen LogP contribution in [0.25, 0.3) is 22.4 Å². The molecule has 6 nitrogen and oxygen atoms in total. The fourth-order valence-corrected chi connectivity index (χ4v) is 4.67. The summed E-state index contributed by atoms with van der Waals surface area (Å²) in [4.78, 5) is 18.5. The first-order chi connectivity index (χ1) is 16.1. The number of H-pyrrole nitrogens is 1. The van der Waals surface area contributed by atoms with Gasteiger partial charge in [-0.2, -0.15) is 0 Å². The molecule has 1 atom stereocenters. The summed E-state index contributed by atoms with van der Waals surface area (Å²) in [6, 6.07) is 10.3. The van der Waals surface area contributed by atoms with E-state index < -0.39 is 5.82 Å². The smallest absolute Gasteiger partial charge is 0.183 e. The molecule has 4 aromatic rings. The number of pyridine rings is 1. The van der Waals surface area contributed by atoms with Crippen LogP contribution in [0.1, 0.15) is 24.0 Å². The Morgan fingerprint density at radius 3 is 3.00 bits per heavy atom. The maximum atomic E-state index is 14.5. The summed E-state index contributed by atoms with van der Waals surface area (Å²) >= 11 is 6.11. The summed E-state index contributed by atoms with van der Waals surface area (Å²) in [6.07, 6.45) is 6.82. The summed E-state index contributed by atoms with van der Waals surface area (Å²) < 4.78 is 14.5. The molecular formula is C25H26ClFN6. The fourth-order valence-electron chi connectivity index (χ4n) is 4.51. The van der Waals surface area contributed by atoms with E-state index in [0.717, 1.165) is 43.4 Å². The zero-order valence-electron chi connectivity index (χ0n) is 18.5. The number of likely N-dealkylation sites (tertiary alicyclic amines) is 1. The normalized spacial score (nSPS) is 16.9. The Labute approximate surface area is 197 Å². The summed E-state index contributed by atoms with van der Waals surface area (Å²) in [5.41, 5.74) is 4.12. The van der Waals surface area contributed by atoms with Crippen molar-refractivity contribution in [1.82, 2.24) is 24.8 Å². The average molecular weight is 465 g/mol. The maximum absolute atomic E-state index is 14.5. The van der Waals surface area contributed by atoms with Gasteiger partial charge in [0.15, 0.2) is 17.5 Å². The van der Waals surface area contributed by atoms with E-state index >= 15 is 0 Å². The van der Waals surface area contributed by atoms with Crippen LogP contribution in [0.5, 0.6) is 0 Å². The number of hydrogen-bond donors (Lipinski definition) is 2. The SMILES string of the molecule is Cc1ccccc1CN1CCCC(CNc2nc(-c3c[nH]c4ncc(Cl)cc34)ncc2F)C1. The van der Waals surface area contributed by atoms with Crippen molar-refractivity contribution in [2.75, 3.05) is 25.0 Å². The third-order valence-corrected chi connectivity index (χ3v) is 6.51. The first-order valence-corrected chi connectivity index (χ1v) is 11.6. The average Bonchev–Trinajstić information content (AvgIpc) is 3.23. The van der Waals surface area contributed by atoms with Gasteiger partial charge >= 0.3 is 0 Å². The lowest BCUT2D eigenvalue weighted by atomic mass is 9.97. The van der Waals surface area contributed by atoms with Crippen LogP contribution in [0.3, 0.4) is 0 Å². The van der Waals surface area contributed by atoms with Crippen molar-refractivity contribution in [3.63, 3.8) is 0 Å². The zero-order valence-corrected chi connectivity index (χ0v) is 19.2. The van der Waals surface area contributed by atoms with E-state index in [4.69, 9.17) is 11.6 Å². The second kappa shape index (κ2) is 9.45. The highest BCUT2D eigenvalue weighted by molar-refractivity contribution is 6.31. The maximum Gasteiger partial charge on any atom is 0.183 e. The Bertz CT molecular complexity index is 1270. The number of halogens is 2. The second-order valence-corrected chi connectivity index (χ2v) is 9.13. The summed E-state index contributed by atoms with van der Waals surface area (Å²) in [6.45, 7) is 5.85. The van der Waals surface area contributed by atoms with E-state index in [2.05, 4.69) is 61.3 Å². The molecule has 5 rings (SSSR count). The van der Waals surface area contributed by atoms with Gasteiger partial charge in [-0.1, -0.05) is 35.9 Å². The van der Waals surface area contributed by atoms with E-state index in [1.165, 1.54) is 17.3 Å². The van der Waals surface area contributed by atoms with Crippen molar-refractivity contribution in [2.45, 2.75) is 26.3 Å². The molecule has 0 radical (unpaired) electrons. The molecule has 1 aliphatic rings. The minimum absolute atomic E-state index is 0.223. The molecule has 1 aromatic carbocycles. The second-order valence-electron chi connectivity index (χ2n) is 8.69. The first-order valence-electron chi connectivity index (χ1n) is 11.2. The number of nitrogens with zero attached hydrogens (tertiary/aromatic N) is 4. The minimum atomic E-state index is -0.456. The highest BCUT2D eigenvalue weighted by atomic mass is 35.5. The largest absolute Gasteiger partial charge is 0.367 e. The number of aromatic amines is 1. The zero-order chi connectivity index (χ0) is 22.8. The molecule has 8 heteroatoms. The van der Waals surface area contributed by atoms with Gasteiger partial charge in [-0.05, 0) is 49.4 Å². The van der Waals surface area contributed by atoms with Crippen LogP contribution in [0.2, 0.25) is 5.02 Å². The predicted molar refractivity (Wildman–Crippen MR) is 130 cm³/mol. The topological polar surface area (TPSA) is 69.7 Å². The molecule has 33 heavy (non-hydrogen) atoms. The van der Waals surface area contributed by atoms with E-state index in [9.17, 15) is 4.39 Å². The molecule has 0 bridgehead atoms. The third-order valence-electron chi connectivity index (χ3n) is 6.30. The number of anilines is 1. The Balaban J connectivity index is 1.28. The Morgan fingerprint density at radius 1 is 1.24 bits per heavy atom. The summed E-state index contributed by atoms with van der Waals surface area (Å²) in [5, 5.41) is 4.56. The van der Waals surface area contributed by atoms with Crippen molar-refractivity contribution in [3.05, 3.63) is 70.9 Å². The lowest BCUT2D eigenvalue weighted by Crippen LogP contribution is -2.37. The van der Waals surface area contributed by atoms with Gasteiger partial charge in [-0.25, -0.2) is 19.3 Å². The van der Waals surface area contributed by atoms with E-state index in [0.29, 0.717) is 29.0 Å². The van der Waals surface area contributed by atoms with Gasteiger partial charge in [0.05, 0.1) is 11.2 Å². The van der Waals surface area contributed by atoms with E-state index in [1.54, 1.807) is 18.5 Å². The summed E-state index contributed by atoms with van der Waals surface area (Å²) in [7, 11) is 0. The molecule has 2 N–H and O–H groups in total. The number of rotatable bonds is 6. The van der Waals surface area contributed by atoms with Gasteiger partial charge in [-0.3, -0.25) is 4.90 Å². The Kier molecular flexibility index (Phi) is 6.24. The molecular weight excluding hydrogens is 439 g/mol. The van der Waals surface area contributed by atoms with Crippen molar-refractivity contribution < 1.29 is 4.39 Å². The number of aryl methyl sites for hydroxylation is 1. The minimum Gasteiger partial charge on any atom is -0.367 e.